The van der Waals surface area contributed by atoms with E-state index >= 15 is 0 Å². The van der Waals surface area contributed by atoms with Gasteiger partial charge in [-0.25, -0.2) is 19.7 Å². The van der Waals surface area contributed by atoms with E-state index in [1.165, 1.54) is 18.7 Å². The van der Waals surface area contributed by atoms with Gasteiger partial charge in [-0.15, -0.1) is 0 Å². The van der Waals surface area contributed by atoms with Crippen molar-refractivity contribution in [3.8, 4) is 0 Å². The van der Waals surface area contributed by atoms with E-state index in [-0.39, 0.29) is 0 Å². The molecular weight excluding hydrogens is 184 g/mol. The average Bonchev–Trinajstić information content (AvgIpc) is 2.62. The fourth-order valence-electron chi connectivity index (χ4n) is 1.06. The molecule has 0 aliphatic heterocycles. The number of imidazole rings is 1. The van der Waals surface area contributed by atoms with E-state index in [1.54, 1.807) is 0 Å². The SMILES string of the molecule is O=C(O)/C=C/c1ncnc2nc[nH]c12. The van der Waals surface area contributed by atoms with E-state index in [2.05, 4.69) is 19.9 Å². The summed E-state index contributed by atoms with van der Waals surface area (Å²) in [5, 5.41) is 8.44. The highest BCUT2D eigenvalue weighted by Gasteiger charge is 2.02. The van der Waals surface area contributed by atoms with E-state index in [1.807, 2.05) is 0 Å². The maximum absolute atomic E-state index is 10.3. The molecule has 2 aromatic rings. The topological polar surface area (TPSA) is 91.8 Å². The Kier molecular flexibility index (Phi) is 1.94. The minimum Gasteiger partial charge on any atom is -0.478 e. The number of hydrogen-bond acceptors (Lipinski definition) is 4. The third-order valence-electron chi connectivity index (χ3n) is 1.64. The summed E-state index contributed by atoms with van der Waals surface area (Å²) in [5.74, 6) is -1.02. The molecule has 2 rings (SSSR count). The molecule has 0 aromatic carbocycles. The van der Waals surface area contributed by atoms with Crippen molar-refractivity contribution in [2.75, 3.05) is 0 Å². The van der Waals surface area contributed by atoms with Crippen molar-refractivity contribution in [2.24, 2.45) is 0 Å². The zero-order valence-corrected chi connectivity index (χ0v) is 7.01. The Morgan fingerprint density at radius 1 is 1.43 bits per heavy atom. The molecule has 14 heavy (non-hydrogen) atoms. The van der Waals surface area contributed by atoms with E-state index in [9.17, 15) is 4.79 Å². The minimum absolute atomic E-state index is 0.509. The first-order valence-electron chi connectivity index (χ1n) is 3.82. The van der Waals surface area contributed by atoms with E-state index < -0.39 is 5.97 Å². The molecule has 0 atom stereocenters. The Morgan fingerprint density at radius 3 is 3.07 bits per heavy atom. The number of nitrogens with zero attached hydrogens (tertiary/aromatic N) is 3. The monoisotopic (exact) mass is 190 g/mol. The van der Waals surface area contributed by atoms with Crippen LogP contribution in [-0.4, -0.2) is 31.0 Å². The highest BCUT2D eigenvalue weighted by Crippen LogP contribution is 2.10. The van der Waals surface area contributed by atoms with E-state index in [0.717, 1.165) is 6.08 Å². The summed E-state index contributed by atoms with van der Waals surface area (Å²) < 4.78 is 0. The first-order valence-corrected chi connectivity index (χ1v) is 3.82. The largest absolute Gasteiger partial charge is 0.478 e. The molecule has 0 saturated carbocycles. The maximum atomic E-state index is 10.3. The second kappa shape index (κ2) is 3.25. The van der Waals surface area contributed by atoms with Crippen molar-refractivity contribution in [3.05, 3.63) is 24.4 Å². The van der Waals surface area contributed by atoms with Crippen LogP contribution in [0.4, 0.5) is 0 Å². The summed E-state index contributed by atoms with van der Waals surface area (Å²) in [4.78, 5) is 24.9. The van der Waals surface area contributed by atoms with Crippen molar-refractivity contribution in [3.63, 3.8) is 0 Å². The van der Waals surface area contributed by atoms with Crippen molar-refractivity contribution in [1.29, 1.82) is 0 Å². The summed E-state index contributed by atoms with van der Waals surface area (Å²) in [6.45, 7) is 0. The summed E-state index contributed by atoms with van der Waals surface area (Å²) in [6.07, 6.45) is 5.23. The van der Waals surface area contributed by atoms with Crippen LogP contribution in [0.15, 0.2) is 18.7 Å². The predicted octanol–water partition coefficient (Wildman–Crippen LogP) is 0.451. The fourth-order valence-corrected chi connectivity index (χ4v) is 1.06. The van der Waals surface area contributed by atoms with Gasteiger partial charge in [0.2, 0.25) is 0 Å². The number of nitrogens with one attached hydrogen (secondary N) is 1. The fraction of sp³-hybridized carbons (Fsp3) is 0. The molecule has 0 spiro atoms. The Balaban J connectivity index is 2.51. The van der Waals surface area contributed by atoms with Crippen LogP contribution in [0, 0.1) is 0 Å². The summed E-state index contributed by atoms with van der Waals surface area (Å²) in [7, 11) is 0. The number of aromatic amines is 1. The lowest BCUT2D eigenvalue weighted by Crippen LogP contribution is -1.89. The molecule has 0 radical (unpaired) electrons. The third kappa shape index (κ3) is 1.45. The molecule has 0 fully saturated rings. The summed E-state index contributed by atoms with van der Waals surface area (Å²) in [6, 6.07) is 0. The molecule has 0 saturated heterocycles. The number of hydrogen-bond donors (Lipinski definition) is 2. The predicted molar refractivity (Wildman–Crippen MR) is 48.4 cm³/mol. The maximum Gasteiger partial charge on any atom is 0.328 e. The van der Waals surface area contributed by atoms with Crippen LogP contribution in [-0.2, 0) is 4.79 Å². The van der Waals surface area contributed by atoms with Crippen molar-refractivity contribution in [1.82, 2.24) is 19.9 Å². The van der Waals surface area contributed by atoms with E-state index in [0.29, 0.717) is 16.9 Å². The smallest absolute Gasteiger partial charge is 0.328 e. The highest BCUT2D eigenvalue weighted by molar-refractivity contribution is 5.88. The zero-order chi connectivity index (χ0) is 9.97. The summed E-state index contributed by atoms with van der Waals surface area (Å²) in [5.41, 5.74) is 1.66. The zero-order valence-electron chi connectivity index (χ0n) is 7.01. The molecule has 2 aromatic heterocycles. The molecule has 6 heteroatoms. The molecule has 0 aliphatic carbocycles. The number of fused-ring (bicyclic) bond motifs is 1. The van der Waals surface area contributed by atoms with Crippen LogP contribution < -0.4 is 0 Å². The number of carboxylic acids is 1. The standard InChI is InChI=1S/C8H6N4O2/c13-6(14)2-1-5-7-8(11-3-9-5)12-4-10-7/h1-4H,(H,13,14)(H,9,10,11,12)/b2-1+. The Morgan fingerprint density at radius 2 is 2.29 bits per heavy atom. The van der Waals surface area contributed by atoms with Crippen LogP contribution in [0.25, 0.3) is 17.2 Å². The van der Waals surface area contributed by atoms with E-state index in [4.69, 9.17) is 5.11 Å². The van der Waals surface area contributed by atoms with Gasteiger partial charge in [0.25, 0.3) is 0 Å². The van der Waals surface area contributed by atoms with Gasteiger partial charge < -0.3 is 10.1 Å². The van der Waals surface area contributed by atoms with Gasteiger partial charge in [0.05, 0.1) is 12.0 Å². The lowest BCUT2D eigenvalue weighted by atomic mass is 10.3. The van der Waals surface area contributed by atoms with Gasteiger partial charge in [-0.3, -0.25) is 0 Å². The molecule has 0 bridgehead atoms. The van der Waals surface area contributed by atoms with Crippen LogP contribution in [0.2, 0.25) is 0 Å². The number of carbonyl (C=O) groups is 1. The molecule has 2 N–H and O–H groups in total. The first kappa shape index (κ1) is 8.36. The van der Waals surface area contributed by atoms with Gasteiger partial charge in [0, 0.05) is 6.08 Å². The second-order valence-corrected chi connectivity index (χ2v) is 2.53. The van der Waals surface area contributed by atoms with Gasteiger partial charge >= 0.3 is 5.97 Å². The molecule has 70 valence electrons. The average molecular weight is 190 g/mol. The molecule has 0 aliphatic rings. The van der Waals surface area contributed by atoms with Crippen molar-refractivity contribution in [2.45, 2.75) is 0 Å². The summed E-state index contributed by atoms with van der Waals surface area (Å²) >= 11 is 0. The third-order valence-corrected chi connectivity index (χ3v) is 1.64. The highest BCUT2D eigenvalue weighted by atomic mass is 16.4. The van der Waals surface area contributed by atoms with Gasteiger partial charge in [-0.05, 0) is 6.08 Å². The van der Waals surface area contributed by atoms with Crippen molar-refractivity contribution < 1.29 is 9.90 Å². The number of aliphatic carboxylic acids is 1. The minimum atomic E-state index is -1.02. The lowest BCUT2D eigenvalue weighted by molar-refractivity contribution is -0.131. The number of carboxylic acid groups (broad SMARTS) is 1. The van der Waals surface area contributed by atoms with Crippen LogP contribution in [0.5, 0.6) is 0 Å². The number of rotatable bonds is 2. The number of aromatic nitrogens is 4. The van der Waals surface area contributed by atoms with Gasteiger partial charge in [-0.1, -0.05) is 0 Å². The molecule has 6 nitrogen and oxygen atoms in total. The normalized spacial score (nSPS) is 11.1. The van der Waals surface area contributed by atoms with Crippen LogP contribution >= 0.6 is 0 Å². The van der Waals surface area contributed by atoms with Crippen LogP contribution in [0.1, 0.15) is 5.69 Å². The van der Waals surface area contributed by atoms with Crippen LogP contribution in [0.3, 0.4) is 0 Å². The quantitative estimate of drug-likeness (QED) is 0.671. The molecule has 0 unspecified atom stereocenters. The Labute approximate surface area is 78.3 Å². The lowest BCUT2D eigenvalue weighted by Gasteiger charge is -1.92. The Bertz CT molecular complexity index is 503. The second-order valence-electron chi connectivity index (χ2n) is 2.53. The first-order chi connectivity index (χ1) is 6.77. The molecule has 2 heterocycles. The molecule has 0 amide bonds. The van der Waals surface area contributed by atoms with Gasteiger partial charge in [0.15, 0.2) is 5.65 Å². The van der Waals surface area contributed by atoms with Gasteiger partial charge in [0.1, 0.15) is 11.8 Å². The Hall–Kier alpha value is -2.24. The van der Waals surface area contributed by atoms with Crippen molar-refractivity contribution >= 4 is 23.2 Å². The van der Waals surface area contributed by atoms with Gasteiger partial charge in [-0.2, -0.15) is 0 Å². The molecular formula is C8H6N4O2. The number of H-pyrrole nitrogens is 1.